The molecule has 0 unspecified atom stereocenters. The minimum atomic E-state index is -4.80. The summed E-state index contributed by atoms with van der Waals surface area (Å²) in [6.45, 7) is 2.95. The number of pyridine rings is 1. The van der Waals surface area contributed by atoms with Gasteiger partial charge in [0.05, 0.1) is 11.7 Å². The number of halogens is 7. The number of aromatic nitrogens is 4. The largest absolute Gasteiger partial charge is 0.444 e. The quantitative estimate of drug-likeness (QED) is 0.123. The van der Waals surface area contributed by atoms with Crippen LogP contribution in [0.1, 0.15) is 84.2 Å². The molecule has 320 valence electrons. The van der Waals surface area contributed by atoms with E-state index in [2.05, 4.69) is 30.2 Å². The Bertz CT molecular complexity index is 2040. The summed E-state index contributed by atoms with van der Waals surface area (Å²) in [7, 11) is 0. The number of anilines is 2. The molecular weight excluding hydrogens is 791 g/mol. The van der Waals surface area contributed by atoms with Crippen molar-refractivity contribution in [2.45, 2.75) is 82.0 Å². The Labute approximate surface area is 335 Å². The van der Waals surface area contributed by atoms with Crippen LogP contribution in [0.5, 0.6) is 0 Å². The average molecular weight is 838 g/mol. The third kappa shape index (κ3) is 10.2. The van der Waals surface area contributed by atoms with Gasteiger partial charge in [0.25, 0.3) is 12.3 Å². The van der Waals surface area contributed by atoms with Crippen LogP contribution in [0.15, 0.2) is 47.3 Å². The highest BCUT2D eigenvalue weighted by Crippen LogP contribution is 2.40. The summed E-state index contributed by atoms with van der Waals surface area (Å²) >= 11 is 0. The second kappa shape index (κ2) is 17.9. The van der Waals surface area contributed by atoms with Crippen molar-refractivity contribution >= 4 is 17.4 Å². The summed E-state index contributed by atoms with van der Waals surface area (Å²) in [5.41, 5.74) is 4.28. The lowest BCUT2D eigenvalue weighted by molar-refractivity contribution is -0.118. The van der Waals surface area contributed by atoms with Gasteiger partial charge in [-0.15, -0.1) is 0 Å². The van der Waals surface area contributed by atoms with Crippen molar-refractivity contribution in [1.82, 2.24) is 34.9 Å². The summed E-state index contributed by atoms with van der Waals surface area (Å²) in [5.74, 6) is -3.19. The number of carbonyl (C=O) groups excluding carboxylic acids is 1. The maximum Gasteiger partial charge on any atom is 0.406 e. The lowest BCUT2D eigenvalue weighted by Crippen LogP contribution is -2.48. The number of primary amides is 1. The van der Waals surface area contributed by atoms with Gasteiger partial charge < -0.3 is 35.1 Å². The number of carbonyl (C=O) groups is 1. The SMILES string of the molecule is NC(=O)c1coc(-c2ccnc(N(CC(F)(F)F)c3cn(C4CCC(CN5CCN(CCc6cc(F)c([C@H]7CC[C@@H](O)N[C@@H]7O)c(F)c6)CC5)CC4)nc3C(F)F)c2)n1. The minimum absolute atomic E-state index is 0.120. The lowest BCUT2D eigenvalue weighted by Gasteiger charge is -2.38. The Morgan fingerprint density at radius 1 is 1.00 bits per heavy atom. The zero-order valence-electron chi connectivity index (χ0n) is 32.0. The predicted octanol–water partition coefficient (Wildman–Crippen LogP) is 5.64. The van der Waals surface area contributed by atoms with E-state index in [1.807, 2.05) is 0 Å². The molecule has 0 bridgehead atoms. The van der Waals surface area contributed by atoms with Crippen LogP contribution in [0.4, 0.5) is 42.2 Å². The molecule has 13 nitrogen and oxygen atoms in total. The summed E-state index contributed by atoms with van der Waals surface area (Å²) in [6.07, 6.45) is -3.05. The molecule has 0 spiro atoms. The highest BCUT2D eigenvalue weighted by atomic mass is 19.4. The maximum absolute atomic E-state index is 15.1. The number of nitrogens with two attached hydrogens (primary N) is 1. The van der Waals surface area contributed by atoms with Gasteiger partial charge >= 0.3 is 6.18 Å². The smallest absolute Gasteiger partial charge is 0.406 e. The highest BCUT2D eigenvalue weighted by Gasteiger charge is 2.37. The molecule has 1 saturated carbocycles. The number of aliphatic hydroxyl groups is 2. The van der Waals surface area contributed by atoms with Crippen molar-refractivity contribution in [3.63, 3.8) is 0 Å². The Hall–Kier alpha value is -4.63. The fourth-order valence-corrected chi connectivity index (χ4v) is 8.40. The predicted molar refractivity (Wildman–Crippen MR) is 200 cm³/mol. The Kier molecular flexibility index (Phi) is 12.9. The van der Waals surface area contributed by atoms with E-state index in [1.54, 1.807) is 0 Å². The van der Waals surface area contributed by atoms with E-state index in [4.69, 9.17) is 10.2 Å². The van der Waals surface area contributed by atoms with Crippen LogP contribution in [0.25, 0.3) is 11.5 Å². The fraction of sp³-hybridized carbons (Fsp3) is 0.538. The first-order chi connectivity index (χ1) is 28.1. The fourth-order valence-electron chi connectivity index (χ4n) is 8.40. The third-order valence-corrected chi connectivity index (χ3v) is 11.5. The zero-order valence-corrected chi connectivity index (χ0v) is 32.0. The van der Waals surface area contributed by atoms with Crippen molar-refractivity contribution in [2.75, 3.05) is 50.7 Å². The summed E-state index contributed by atoms with van der Waals surface area (Å²) in [6, 6.07) is 4.91. The number of piperazine rings is 1. The molecule has 5 heterocycles. The van der Waals surface area contributed by atoms with Gasteiger partial charge in [0, 0.05) is 68.7 Å². The van der Waals surface area contributed by atoms with E-state index in [1.165, 1.54) is 41.3 Å². The van der Waals surface area contributed by atoms with Crippen molar-refractivity contribution in [2.24, 2.45) is 11.7 Å². The first-order valence-electron chi connectivity index (χ1n) is 19.6. The number of hydrogen-bond donors (Lipinski definition) is 4. The number of alkyl halides is 5. The van der Waals surface area contributed by atoms with E-state index < -0.39 is 66.4 Å². The molecule has 1 amide bonds. The van der Waals surface area contributed by atoms with E-state index in [0.29, 0.717) is 42.2 Å². The van der Waals surface area contributed by atoms with Gasteiger partial charge in [-0.25, -0.2) is 27.5 Å². The lowest BCUT2D eigenvalue weighted by atomic mass is 9.85. The molecule has 7 rings (SSSR count). The molecule has 0 radical (unpaired) electrons. The van der Waals surface area contributed by atoms with Gasteiger partial charge in [0.2, 0.25) is 5.89 Å². The second-order valence-electron chi connectivity index (χ2n) is 15.5. The van der Waals surface area contributed by atoms with Gasteiger partial charge in [-0.2, -0.15) is 18.3 Å². The van der Waals surface area contributed by atoms with E-state index in [0.717, 1.165) is 51.8 Å². The normalized spacial score (nSPS) is 23.5. The molecule has 3 aromatic heterocycles. The maximum atomic E-state index is 15.1. The number of hydrogen-bond acceptors (Lipinski definition) is 11. The molecule has 2 saturated heterocycles. The molecule has 1 aromatic carbocycles. The van der Waals surface area contributed by atoms with Gasteiger partial charge in [-0.1, -0.05) is 0 Å². The van der Waals surface area contributed by atoms with Crippen LogP contribution in [-0.2, 0) is 6.42 Å². The molecular formula is C39H46F7N9O4. The van der Waals surface area contributed by atoms with Crippen molar-refractivity contribution < 1.29 is 50.2 Å². The Morgan fingerprint density at radius 2 is 1.69 bits per heavy atom. The highest BCUT2D eigenvalue weighted by molar-refractivity contribution is 5.90. The first-order valence-corrected chi connectivity index (χ1v) is 19.6. The van der Waals surface area contributed by atoms with Crippen LogP contribution in [0, 0.1) is 17.6 Å². The topological polar surface area (TPSA) is 162 Å². The number of nitrogens with one attached hydrogen (secondary N) is 1. The summed E-state index contributed by atoms with van der Waals surface area (Å²) < 4.78 is 107. The second-order valence-corrected chi connectivity index (χ2v) is 15.5. The van der Waals surface area contributed by atoms with Crippen LogP contribution in [0.2, 0.25) is 0 Å². The number of nitrogens with zero attached hydrogens (tertiary/aromatic N) is 7. The number of piperidine rings is 1. The molecule has 1 aliphatic carbocycles. The van der Waals surface area contributed by atoms with Crippen molar-refractivity contribution in [3.05, 3.63) is 77.1 Å². The number of amides is 1. The van der Waals surface area contributed by atoms with E-state index >= 15 is 8.78 Å². The monoisotopic (exact) mass is 837 g/mol. The van der Waals surface area contributed by atoms with Crippen LogP contribution >= 0.6 is 0 Å². The van der Waals surface area contributed by atoms with E-state index in [-0.39, 0.29) is 47.4 Å². The van der Waals surface area contributed by atoms with Crippen LogP contribution in [0.3, 0.4) is 0 Å². The molecule has 2 aliphatic heterocycles. The van der Waals surface area contributed by atoms with Crippen molar-refractivity contribution in [3.8, 4) is 11.5 Å². The molecule has 20 heteroatoms. The van der Waals surface area contributed by atoms with Crippen LogP contribution in [-0.4, -0.2) is 110 Å². The average Bonchev–Trinajstić information content (AvgIpc) is 3.87. The molecule has 59 heavy (non-hydrogen) atoms. The molecule has 3 atom stereocenters. The van der Waals surface area contributed by atoms with Crippen LogP contribution < -0.4 is 16.0 Å². The van der Waals surface area contributed by atoms with Gasteiger partial charge in [-0.3, -0.25) is 14.8 Å². The van der Waals surface area contributed by atoms with Gasteiger partial charge in [0.1, 0.15) is 42.7 Å². The molecule has 3 aliphatic rings. The Balaban J connectivity index is 0.931. The van der Waals surface area contributed by atoms with E-state index in [9.17, 15) is 37.0 Å². The molecule has 5 N–H and O–H groups in total. The number of aliphatic hydroxyl groups excluding tert-OH is 2. The third-order valence-electron chi connectivity index (χ3n) is 11.5. The first kappa shape index (κ1) is 42.5. The number of rotatable bonds is 13. The van der Waals surface area contributed by atoms with Crippen molar-refractivity contribution in [1.29, 1.82) is 0 Å². The minimum Gasteiger partial charge on any atom is -0.444 e. The van der Waals surface area contributed by atoms with Gasteiger partial charge in [-0.05, 0) is 80.7 Å². The Morgan fingerprint density at radius 3 is 2.32 bits per heavy atom. The molecule has 3 fully saturated rings. The van der Waals surface area contributed by atoms with Gasteiger partial charge in [0.15, 0.2) is 11.4 Å². The standard InChI is InChI=1S/C39H46F7N9O4/c40-27-15-23(16-28(41)33(27)26-5-6-32(56)50-37(26)58)8-10-52-11-13-53(14-12-52)18-22-1-3-25(4-2-22)55-19-30(34(51-55)35(42)43)54(21-39(44,45)46)31-17-24(7-9-48-31)38-49-29(20-59-38)36(47)57/h7,9,15-17,19-20,22,25-26,32,35,37,50,56,58H,1-6,8,10-14,18,21H2,(H2,47,57)/t22?,25?,26-,32-,37-/m1/s1. The molecule has 4 aromatic rings. The number of benzene rings is 1. The number of oxazole rings is 1. The summed E-state index contributed by atoms with van der Waals surface area (Å²) in [4.78, 5) is 24.7. The zero-order chi connectivity index (χ0) is 42.0. The summed E-state index contributed by atoms with van der Waals surface area (Å²) in [5, 5.41) is 26.5.